The third kappa shape index (κ3) is 3.81. The second-order valence-electron chi connectivity index (χ2n) is 4.79. The lowest BCUT2D eigenvalue weighted by Crippen LogP contribution is -2.31. The van der Waals surface area contributed by atoms with Crippen LogP contribution in [0.2, 0.25) is 0 Å². The molecule has 4 nitrogen and oxygen atoms in total. The molecule has 20 heavy (non-hydrogen) atoms. The molecule has 1 atom stereocenters. The summed E-state index contributed by atoms with van der Waals surface area (Å²) in [5, 5.41) is 11.5. The average molecular weight is 288 g/mol. The first-order valence-corrected chi connectivity index (χ1v) is 7.17. The van der Waals surface area contributed by atoms with Crippen molar-refractivity contribution in [1.29, 1.82) is 0 Å². The van der Waals surface area contributed by atoms with Crippen LogP contribution in [0.5, 0.6) is 0 Å². The van der Waals surface area contributed by atoms with E-state index in [-0.39, 0.29) is 6.04 Å². The lowest BCUT2D eigenvalue weighted by molar-refractivity contribution is 0.613. The molecule has 0 aliphatic rings. The zero-order valence-corrected chi connectivity index (χ0v) is 12.9. The highest BCUT2D eigenvalue weighted by Crippen LogP contribution is 2.12. The number of aromatic nitrogens is 2. The van der Waals surface area contributed by atoms with Gasteiger partial charge in [-0.2, -0.15) is 5.10 Å². The molecule has 0 amide bonds. The molecule has 1 heterocycles. The molecule has 0 saturated heterocycles. The van der Waals surface area contributed by atoms with E-state index in [1.165, 1.54) is 5.56 Å². The van der Waals surface area contributed by atoms with Crippen molar-refractivity contribution < 1.29 is 0 Å². The summed E-state index contributed by atoms with van der Waals surface area (Å²) in [4.78, 5) is 0. The number of thiocarbonyl (C=S) groups is 1. The molecule has 2 rings (SSSR count). The van der Waals surface area contributed by atoms with Gasteiger partial charge in [-0.05, 0) is 56.8 Å². The molecule has 0 radical (unpaired) electrons. The fraction of sp³-hybridized carbons (Fsp3) is 0.333. The van der Waals surface area contributed by atoms with Gasteiger partial charge >= 0.3 is 0 Å². The van der Waals surface area contributed by atoms with Crippen molar-refractivity contribution in [1.82, 2.24) is 15.1 Å². The maximum Gasteiger partial charge on any atom is 0.171 e. The minimum absolute atomic E-state index is 0.0765. The van der Waals surface area contributed by atoms with Crippen LogP contribution in [0.4, 0.5) is 5.69 Å². The lowest BCUT2D eigenvalue weighted by Gasteiger charge is -2.15. The van der Waals surface area contributed by atoms with Gasteiger partial charge in [0, 0.05) is 18.4 Å². The van der Waals surface area contributed by atoms with E-state index in [1.54, 1.807) is 0 Å². The molecule has 106 valence electrons. The average Bonchev–Trinajstić information content (AvgIpc) is 2.87. The Labute approximate surface area is 125 Å². The van der Waals surface area contributed by atoms with Crippen LogP contribution in [0, 0.1) is 6.92 Å². The van der Waals surface area contributed by atoms with Gasteiger partial charge in [-0.25, -0.2) is 0 Å². The number of hydrogen-bond acceptors (Lipinski definition) is 2. The Morgan fingerprint density at radius 2 is 2.20 bits per heavy atom. The van der Waals surface area contributed by atoms with E-state index in [0.717, 1.165) is 17.9 Å². The summed E-state index contributed by atoms with van der Waals surface area (Å²) in [5.41, 5.74) is 3.18. The standard InChI is InChI=1S/C15H20N4S/c1-4-19-9-8-14(18-19)12(3)16-15(20)17-13-7-5-6-11(2)10-13/h5-10,12H,4H2,1-3H3,(H2,16,17,20). The maximum absolute atomic E-state index is 5.33. The molecule has 0 saturated carbocycles. The number of nitrogens with one attached hydrogen (secondary N) is 2. The molecule has 0 aliphatic heterocycles. The minimum atomic E-state index is 0.0765. The number of aryl methyl sites for hydroxylation is 2. The molecule has 0 fully saturated rings. The molecule has 1 aromatic heterocycles. The lowest BCUT2D eigenvalue weighted by atomic mass is 10.2. The first kappa shape index (κ1) is 14.5. The minimum Gasteiger partial charge on any atom is -0.354 e. The van der Waals surface area contributed by atoms with E-state index in [2.05, 4.69) is 41.7 Å². The maximum atomic E-state index is 5.33. The van der Waals surface area contributed by atoms with Crippen molar-refractivity contribution in [3.8, 4) is 0 Å². The predicted molar refractivity (Wildman–Crippen MR) is 86.9 cm³/mol. The van der Waals surface area contributed by atoms with E-state index in [0.29, 0.717) is 5.11 Å². The molecular weight excluding hydrogens is 268 g/mol. The van der Waals surface area contributed by atoms with E-state index in [1.807, 2.05) is 36.0 Å². The van der Waals surface area contributed by atoms with E-state index < -0.39 is 0 Å². The topological polar surface area (TPSA) is 41.9 Å². The molecule has 5 heteroatoms. The highest BCUT2D eigenvalue weighted by atomic mass is 32.1. The van der Waals surface area contributed by atoms with Gasteiger partial charge in [0.2, 0.25) is 0 Å². The van der Waals surface area contributed by atoms with Gasteiger partial charge in [-0.15, -0.1) is 0 Å². The third-order valence-corrected chi connectivity index (χ3v) is 3.27. The molecule has 0 aliphatic carbocycles. The van der Waals surface area contributed by atoms with Crippen LogP contribution in [0.15, 0.2) is 36.5 Å². The number of rotatable bonds is 4. The highest BCUT2D eigenvalue weighted by molar-refractivity contribution is 7.80. The summed E-state index contributed by atoms with van der Waals surface area (Å²) < 4.78 is 1.91. The Hall–Kier alpha value is -1.88. The summed E-state index contributed by atoms with van der Waals surface area (Å²) in [6, 6.07) is 10.2. The van der Waals surface area contributed by atoms with Gasteiger partial charge in [-0.1, -0.05) is 12.1 Å². The summed E-state index contributed by atoms with van der Waals surface area (Å²) in [5.74, 6) is 0. The SMILES string of the molecule is CCn1ccc(C(C)NC(=S)Nc2cccc(C)c2)n1. The monoisotopic (exact) mass is 288 g/mol. The number of hydrogen-bond donors (Lipinski definition) is 2. The second-order valence-corrected chi connectivity index (χ2v) is 5.19. The predicted octanol–water partition coefficient (Wildman–Crippen LogP) is 3.26. The zero-order valence-electron chi connectivity index (χ0n) is 12.1. The van der Waals surface area contributed by atoms with Crippen LogP contribution < -0.4 is 10.6 Å². The zero-order chi connectivity index (χ0) is 14.5. The molecule has 0 spiro atoms. The molecule has 0 bridgehead atoms. The summed E-state index contributed by atoms with van der Waals surface area (Å²) >= 11 is 5.33. The van der Waals surface area contributed by atoms with Gasteiger partial charge in [-0.3, -0.25) is 4.68 Å². The molecule has 1 unspecified atom stereocenters. The normalized spacial score (nSPS) is 11.9. The highest BCUT2D eigenvalue weighted by Gasteiger charge is 2.10. The van der Waals surface area contributed by atoms with Crippen LogP contribution in [0.1, 0.15) is 31.1 Å². The van der Waals surface area contributed by atoms with Crippen LogP contribution in [-0.2, 0) is 6.54 Å². The third-order valence-electron chi connectivity index (χ3n) is 3.05. The quantitative estimate of drug-likeness (QED) is 0.847. The molecule has 1 aromatic carbocycles. The summed E-state index contributed by atoms with van der Waals surface area (Å²) in [7, 11) is 0. The van der Waals surface area contributed by atoms with Gasteiger partial charge in [0.25, 0.3) is 0 Å². The van der Waals surface area contributed by atoms with Gasteiger partial charge in [0.1, 0.15) is 0 Å². The molecule has 2 N–H and O–H groups in total. The Kier molecular flexibility index (Phi) is 4.74. The molecular formula is C15H20N4S. The first-order chi connectivity index (χ1) is 9.58. The first-order valence-electron chi connectivity index (χ1n) is 6.76. The smallest absolute Gasteiger partial charge is 0.171 e. The van der Waals surface area contributed by atoms with Crippen molar-refractivity contribution in [3.63, 3.8) is 0 Å². The van der Waals surface area contributed by atoms with Crippen molar-refractivity contribution >= 4 is 23.0 Å². The Bertz CT molecular complexity index is 591. The Morgan fingerprint density at radius 1 is 1.40 bits per heavy atom. The fourth-order valence-corrected chi connectivity index (χ4v) is 2.24. The van der Waals surface area contributed by atoms with E-state index >= 15 is 0 Å². The van der Waals surface area contributed by atoms with Crippen LogP contribution in [-0.4, -0.2) is 14.9 Å². The fourth-order valence-electron chi connectivity index (χ4n) is 1.95. The van der Waals surface area contributed by atoms with E-state index in [9.17, 15) is 0 Å². The van der Waals surface area contributed by atoms with Crippen molar-refractivity contribution in [2.75, 3.05) is 5.32 Å². The largest absolute Gasteiger partial charge is 0.354 e. The van der Waals surface area contributed by atoms with Crippen LogP contribution >= 0.6 is 12.2 Å². The van der Waals surface area contributed by atoms with Crippen molar-refractivity contribution in [2.24, 2.45) is 0 Å². The molecule has 2 aromatic rings. The van der Waals surface area contributed by atoms with Crippen molar-refractivity contribution in [3.05, 3.63) is 47.8 Å². The van der Waals surface area contributed by atoms with Gasteiger partial charge in [0.05, 0.1) is 11.7 Å². The Morgan fingerprint density at radius 3 is 2.85 bits per heavy atom. The van der Waals surface area contributed by atoms with Gasteiger partial charge in [0.15, 0.2) is 5.11 Å². The van der Waals surface area contributed by atoms with E-state index in [4.69, 9.17) is 12.2 Å². The van der Waals surface area contributed by atoms with Crippen LogP contribution in [0.3, 0.4) is 0 Å². The van der Waals surface area contributed by atoms with Crippen LogP contribution in [0.25, 0.3) is 0 Å². The number of nitrogens with zero attached hydrogens (tertiary/aromatic N) is 2. The second kappa shape index (κ2) is 6.52. The Balaban J connectivity index is 1.94. The van der Waals surface area contributed by atoms with Crippen molar-refractivity contribution in [2.45, 2.75) is 33.4 Å². The van der Waals surface area contributed by atoms with Gasteiger partial charge < -0.3 is 10.6 Å². The number of benzene rings is 1. The summed E-state index contributed by atoms with van der Waals surface area (Å²) in [6.07, 6.45) is 1.98. The number of anilines is 1. The summed E-state index contributed by atoms with van der Waals surface area (Å²) in [6.45, 7) is 7.05.